The van der Waals surface area contributed by atoms with Crippen LogP contribution in [-0.4, -0.2) is 24.2 Å². The van der Waals surface area contributed by atoms with Crippen LogP contribution in [0.15, 0.2) is 0 Å². The molecule has 4 fully saturated rings. The van der Waals surface area contributed by atoms with E-state index in [1.165, 1.54) is 11.3 Å². The topological polar surface area (TPSA) is 0 Å². The molecule has 0 N–H and O–H groups in total. The lowest BCUT2D eigenvalue weighted by Gasteiger charge is -2.43. The van der Waals surface area contributed by atoms with E-state index in [9.17, 15) is 0 Å². The summed E-state index contributed by atoms with van der Waals surface area (Å²) in [6.45, 7) is 1.15. The number of fused-ring (bicyclic) bond motifs is 4. The van der Waals surface area contributed by atoms with E-state index in [2.05, 4.69) is 0 Å². The van der Waals surface area contributed by atoms with Crippen molar-refractivity contribution in [3.05, 3.63) is 0 Å². The van der Waals surface area contributed by atoms with Gasteiger partial charge in [0.1, 0.15) is 6.71 Å². The van der Waals surface area contributed by atoms with E-state index in [4.69, 9.17) is 0 Å². The minimum absolute atomic E-state index is 0.450. The van der Waals surface area contributed by atoms with Crippen molar-refractivity contribution in [2.24, 2.45) is 0 Å². The summed E-state index contributed by atoms with van der Waals surface area (Å²) in [5, 5.41) is 0. The van der Waals surface area contributed by atoms with Gasteiger partial charge in [0, 0.05) is 0 Å². The maximum Gasteiger partial charge on any atom is 0.146 e. The third-order valence-corrected chi connectivity index (χ3v) is 11.8. The Labute approximate surface area is 146 Å². The lowest BCUT2D eigenvalue weighted by molar-refractivity contribution is 0.440. The number of hydrogen-bond donors (Lipinski definition) is 0. The van der Waals surface area contributed by atoms with Gasteiger partial charge >= 0.3 is 0 Å². The molecule has 4 bridgehead atoms. The van der Waals surface area contributed by atoms with E-state index in [1.807, 2.05) is 0 Å². The van der Waals surface area contributed by atoms with Gasteiger partial charge in [0.05, 0.1) is 0 Å². The van der Waals surface area contributed by atoms with Crippen LogP contribution < -0.4 is 0 Å². The Hall–Kier alpha value is 0.495. The quantitative estimate of drug-likeness (QED) is 0.271. The van der Waals surface area contributed by atoms with Crippen LogP contribution in [0.4, 0.5) is 0 Å². The molecular weight excluding hydrogens is 294 g/mol. The van der Waals surface area contributed by atoms with Crippen LogP contribution in [-0.2, 0) is 0 Å². The maximum absolute atomic E-state index is 1.65. The largest absolute Gasteiger partial charge is 0.146 e. The fraction of sp³-hybridized carbons (Fsp3) is 1.00. The van der Waals surface area contributed by atoms with Gasteiger partial charge in [-0.15, -0.1) is 7.92 Å². The van der Waals surface area contributed by atoms with Gasteiger partial charge in [0.25, 0.3) is 0 Å². The summed E-state index contributed by atoms with van der Waals surface area (Å²) in [5.41, 5.74) is 2.41. The van der Waals surface area contributed by atoms with Gasteiger partial charge in [-0.3, -0.25) is 0 Å². The zero-order chi connectivity index (χ0) is 15.5. The second-order valence-corrected chi connectivity index (χ2v) is 12.2. The van der Waals surface area contributed by atoms with E-state index >= 15 is 0 Å². The number of hydrogen-bond acceptors (Lipinski definition) is 0. The van der Waals surface area contributed by atoms with Crippen LogP contribution in [0.5, 0.6) is 0 Å². The molecule has 0 unspecified atom stereocenters. The SMILES string of the molecule is C(CCB1C2CCCC1CCC2)CCP1C2CCCC1CCC2. The van der Waals surface area contributed by atoms with Crippen LogP contribution in [0.3, 0.4) is 0 Å². The highest BCUT2D eigenvalue weighted by atomic mass is 31.1. The average molecular weight is 332 g/mol. The van der Waals surface area contributed by atoms with Crippen molar-refractivity contribution in [1.82, 2.24) is 0 Å². The summed E-state index contributed by atoms with van der Waals surface area (Å²) in [7, 11) is 0.450. The molecule has 0 saturated carbocycles. The van der Waals surface area contributed by atoms with Crippen molar-refractivity contribution in [2.45, 2.75) is 126 Å². The van der Waals surface area contributed by atoms with E-state index in [0.29, 0.717) is 7.92 Å². The molecule has 4 rings (SSSR count). The van der Waals surface area contributed by atoms with Crippen LogP contribution in [0.2, 0.25) is 18.0 Å². The van der Waals surface area contributed by atoms with Gasteiger partial charge in [-0.05, 0) is 49.6 Å². The van der Waals surface area contributed by atoms with Crippen LogP contribution in [0, 0.1) is 0 Å². The molecule has 0 aromatic rings. The maximum atomic E-state index is 1.65. The predicted octanol–water partition coefficient (Wildman–Crippen LogP) is 7.35. The smallest absolute Gasteiger partial charge is 0.100 e. The van der Waals surface area contributed by atoms with E-state index in [1.54, 1.807) is 109 Å². The van der Waals surface area contributed by atoms with Crippen molar-refractivity contribution < 1.29 is 0 Å². The second kappa shape index (κ2) is 8.25. The van der Waals surface area contributed by atoms with Gasteiger partial charge in [0.15, 0.2) is 0 Å². The molecule has 0 amide bonds. The zero-order valence-corrected chi connectivity index (χ0v) is 16.2. The first-order valence-electron chi connectivity index (χ1n) is 11.2. The first kappa shape index (κ1) is 16.9. The summed E-state index contributed by atoms with van der Waals surface area (Å²) in [6, 6.07) is 0. The molecule has 2 heteroatoms. The highest BCUT2D eigenvalue weighted by Gasteiger charge is 2.38. The summed E-state index contributed by atoms with van der Waals surface area (Å²) < 4.78 is 0. The summed E-state index contributed by atoms with van der Waals surface area (Å²) >= 11 is 0. The average Bonchev–Trinajstić information content (AvgIpc) is 2.54. The molecule has 0 radical (unpaired) electrons. The van der Waals surface area contributed by atoms with Crippen molar-refractivity contribution in [2.75, 3.05) is 6.16 Å². The third-order valence-electron chi connectivity index (χ3n) is 8.05. The molecule has 0 nitrogen and oxygen atoms in total. The van der Waals surface area contributed by atoms with Gasteiger partial charge in [-0.2, -0.15) is 0 Å². The molecule has 4 aliphatic heterocycles. The summed E-state index contributed by atoms with van der Waals surface area (Å²) in [4.78, 5) is 0. The van der Waals surface area contributed by atoms with Crippen molar-refractivity contribution in [3.63, 3.8) is 0 Å². The Bertz CT molecular complexity index is 293. The first-order chi connectivity index (χ1) is 11.4. The van der Waals surface area contributed by atoms with Gasteiger partial charge < -0.3 is 0 Å². The highest BCUT2D eigenvalue weighted by Crippen LogP contribution is 2.59. The molecule has 4 saturated heterocycles. The fourth-order valence-electron chi connectivity index (χ4n) is 6.93. The molecule has 0 atom stereocenters. The Morgan fingerprint density at radius 3 is 1.70 bits per heavy atom. The zero-order valence-electron chi connectivity index (χ0n) is 15.4. The van der Waals surface area contributed by atoms with Crippen LogP contribution in [0.1, 0.15) is 96.3 Å². The fourth-order valence-corrected chi connectivity index (χ4v) is 10.9. The number of rotatable bonds is 6. The molecule has 0 spiro atoms. The van der Waals surface area contributed by atoms with Gasteiger partial charge in [0.2, 0.25) is 0 Å². The third kappa shape index (κ3) is 4.02. The molecule has 23 heavy (non-hydrogen) atoms. The van der Waals surface area contributed by atoms with Crippen molar-refractivity contribution >= 4 is 14.6 Å². The molecule has 0 aromatic heterocycles. The molecule has 0 aromatic carbocycles. The Balaban J connectivity index is 1.16. The van der Waals surface area contributed by atoms with Gasteiger partial charge in [-0.25, -0.2) is 0 Å². The van der Waals surface area contributed by atoms with Crippen LogP contribution in [0.25, 0.3) is 0 Å². The lowest BCUT2D eigenvalue weighted by atomic mass is 9.26. The molecule has 130 valence electrons. The lowest BCUT2D eigenvalue weighted by Crippen LogP contribution is -2.34. The monoisotopic (exact) mass is 332 g/mol. The Kier molecular flexibility index (Phi) is 6.07. The summed E-state index contributed by atoms with van der Waals surface area (Å²) in [6.07, 6.45) is 26.9. The Morgan fingerprint density at radius 1 is 0.609 bits per heavy atom. The predicted molar refractivity (Wildman–Crippen MR) is 107 cm³/mol. The molecule has 4 heterocycles. The van der Waals surface area contributed by atoms with Crippen molar-refractivity contribution in [3.8, 4) is 0 Å². The normalized spacial score (nSPS) is 40.2. The minimum atomic E-state index is 0.450. The first-order valence-corrected chi connectivity index (χ1v) is 12.8. The standard InChI is InChI=1S/C21H38BP/c1(2-16-22-18-8-4-9-19(22)11-5-10-18)3-17-23-20-12-6-13-21(23)15-7-14-20/h18-21H,1-17H2. The molecular formula is C21H38BP. The van der Waals surface area contributed by atoms with Crippen LogP contribution >= 0.6 is 7.92 Å². The molecule has 4 aliphatic rings. The second-order valence-electron chi connectivity index (χ2n) is 9.30. The summed E-state index contributed by atoms with van der Waals surface area (Å²) in [5.74, 6) is 2.29. The minimum Gasteiger partial charge on any atom is -0.100 e. The van der Waals surface area contributed by atoms with E-state index < -0.39 is 0 Å². The molecule has 0 aliphatic carbocycles. The highest BCUT2D eigenvalue weighted by molar-refractivity contribution is 7.59. The van der Waals surface area contributed by atoms with E-state index in [-0.39, 0.29) is 0 Å². The Morgan fingerprint density at radius 2 is 1.13 bits per heavy atom. The van der Waals surface area contributed by atoms with Crippen molar-refractivity contribution in [1.29, 1.82) is 0 Å². The number of unbranched alkanes of at least 4 members (excludes halogenated alkanes) is 2. The van der Waals surface area contributed by atoms with Gasteiger partial charge in [-0.1, -0.05) is 82.2 Å². The van der Waals surface area contributed by atoms with E-state index in [0.717, 1.165) is 18.3 Å².